The summed E-state index contributed by atoms with van der Waals surface area (Å²) >= 11 is 1.27. The van der Waals surface area contributed by atoms with Crippen LogP contribution in [0.1, 0.15) is 19.3 Å². The van der Waals surface area contributed by atoms with Crippen molar-refractivity contribution in [2.75, 3.05) is 12.3 Å². The molecule has 6 nitrogen and oxygen atoms in total. The van der Waals surface area contributed by atoms with Gasteiger partial charge in [-0.3, -0.25) is 9.59 Å². The summed E-state index contributed by atoms with van der Waals surface area (Å²) in [6, 6.07) is 6.01. The summed E-state index contributed by atoms with van der Waals surface area (Å²) in [6.45, 7) is 0.493. The molecule has 21 heavy (non-hydrogen) atoms. The largest absolute Gasteiger partial charge is 0.507 e. The fourth-order valence-corrected chi connectivity index (χ4v) is 2.39. The van der Waals surface area contributed by atoms with Crippen LogP contribution in [0.25, 0.3) is 0 Å². The molecule has 116 valence electrons. The summed E-state index contributed by atoms with van der Waals surface area (Å²) in [6.07, 6.45) is 1.74. The molecule has 0 radical (unpaired) electrons. The summed E-state index contributed by atoms with van der Waals surface area (Å²) in [5.41, 5.74) is 5.37. The van der Waals surface area contributed by atoms with Gasteiger partial charge in [0.1, 0.15) is 11.8 Å². The first-order valence-electron chi connectivity index (χ1n) is 6.66. The Hall–Kier alpha value is -1.73. The highest BCUT2D eigenvalue weighted by atomic mass is 32.2. The monoisotopic (exact) mass is 312 g/mol. The van der Waals surface area contributed by atoms with Crippen LogP contribution in [0.4, 0.5) is 0 Å². The van der Waals surface area contributed by atoms with E-state index in [1.807, 2.05) is 0 Å². The smallest absolute Gasteiger partial charge is 0.320 e. The van der Waals surface area contributed by atoms with E-state index in [0.717, 1.165) is 0 Å². The molecule has 0 heterocycles. The number of phenols is 1. The molecule has 5 N–H and O–H groups in total. The maximum absolute atomic E-state index is 11.6. The van der Waals surface area contributed by atoms with Gasteiger partial charge in [-0.15, -0.1) is 11.8 Å². The van der Waals surface area contributed by atoms with Crippen LogP contribution in [-0.4, -0.2) is 40.4 Å². The van der Waals surface area contributed by atoms with E-state index in [-0.39, 0.29) is 17.4 Å². The number of thioether (sulfide) groups is 1. The molecule has 1 aromatic rings. The third-order valence-corrected chi connectivity index (χ3v) is 3.87. The van der Waals surface area contributed by atoms with Gasteiger partial charge in [0.2, 0.25) is 5.91 Å². The van der Waals surface area contributed by atoms with Crippen LogP contribution in [0.5, 0.6) is 5.75 Å². The highest BCUT2D eigenvalue weighted by Gasteiger charge is 2.10. The second-order valence-corrected chi connectivity index (χ2v) is 5.56. The second-order valence-electron chi connectivity index (χ2n) is 4.55. The first-order valence-corrected chi connectivity index (χ1v) is 7.65. The molecule has 7 heteroatoms. The molecule has 0 saturated heterocycles. The molecular formula is C14H20N2O4S. The first kappa shape index (κ1) is 17.3. The molecule has 0 bridgehead atoms. The number of carboxylic acid groups (broad SMARTS) is 1. The van der Waals surface area contributed by atoms with Gasteiger partial charge in [-0.25, -0.2) is 0 Å². The molecule has 0 aromatic heterocycles. The Morgan fingerprint density at radius 2 is 2.00 bits per heavy atom. The van der Waals surface area contributed by atoms with Gasteiger partial charge in [0, 0.05) is 11.4 Å². The number of amides is 1. The summed E-state index contributed by atoms with van der Waals surface area (Å²) < 4.78 is 0. The maximum atomic E-state index is 11.6. The molecule has 0 aliphatic carbocycles. The summed E-state index contributed by atoms with van der Waals surface area (Å²) in [5, 5.41) is 20.9. The average molecular weight is 312 g/mol. The van der Waals surface area contributed by atoms with Gasteiger partial charge in [0.15, 0.2) is 0 Å². The molecule has 1 atom stereocenters. The molecule has 0 aliphatic heterocycles. The van der Waals surface area contributed by atoms with Crippen LogP contribution < -0.4 is 11.1 Å². The van der Waals surface area contributed by atoms with E-state index < -0.39 is 12.0 Å². The minimum Gasteiger partial charge on any atom is -0.507 e. The molecule has 0 saturated carbocycles. The summed E-state index contributed by atoms with van der Waals surface area (Å²) in [5.74, 6) is -0.728. The number of benzene rings is 1. The lowest BCUT2D eigenvalue weighted by atomic mass is 10.1. The molecule has 0 spiro atoms. The topological polar surface area (TPSA) is 113 Å². The Kier molecular flexibility index (Phi) is 7.63. The molecule has 1 amide bonds. The number of rotatable bonds is 9. The van der Waals surface area contributed by atoms with Crippen LogP contribution in [0.15, 0.2) is 29.2 Å². The minimum absolute atomic E-state index is 0.120. The van der Waals surface area contributed by atoms with Crippen molar-refractivity contribution in [1.82, 2.24) is 5.32 Å². The van der Waals surface area contributed by atoms with Crippen molar-refractivity contribution in [3.05, 3.63) is 24.3 Å². The van der Waals surface area contributed by atoms with Gasteiger partial charge < -0.3 is 21.3 Å². The number of unbranched alkanes of at least 4 members (excludes halogenated alkanes) is 1. The lowest BCUT2D eigenvalue weighted by Gasteiger charge is -2.07. The van der Waals surface area contributed by atoms with Crippen molar-refractivity contribution in [3.8, 4) is 5.75 Å². The molecule has 1 rings (SSSR count). The Morgan fingerprint density at radius 1 is 1.29 bits per heavy atom. The van der Waals surface area contributed by atoms with Gasteiger partial charge in [0.05, 0.1) is 5.75 Å². The standard InChI is InChI=1S/C14H20N2O4S/c15-10(14(19)20)5-3-4-8-16-13(18)9-21-12-7-2-1-6-11(12)17/h1-2,6-7,10,17H,3-5,8-9,15H2,(H,16,18)(H,19,20). The van der Waals surface area contributed by atoms with Crippen molar-refractivity contribution >= 4 is 23.6 Å². The molecular weight excluding hydrogens is 292 g/mol. The maximum Gasteiger partial charge on any atom is 0.320 e. The molecule has 0 aliphatic rings. The van der Waals surface area contributed by atoms with Gasteiger partial charge in [-0.2, -0.15) is 0 Å². The Morgan fingerprint density at radius 3 is 2.67 bits per heavy atom. The number of hydrogen-bond donors (Lipinski definition) is 4. The van der Waals surface area contributed by atoms with Crippen LogP contribution in [0, 0.1) is 0 Å². The van der Waals surface area contributed by atoms with Crippen LogP contribution in [-0.2, 0) is 9.59 Å². The first-order chi connectivity index (χ1) is 10.0. The third kappa shape index (κ3) is 7.01. The highest BCUT2D eigenvalue weighted by molar-refractivity contribution is 8.00. The van der Waals surface area contributed by atoms with Crippen molar-refractivity contribution < 1.29 is 19.8 Å². The second kappa shape index (κ2) is 9.25. The van der Waals surface area contributed by atoms with Gasteiger partial charge >= 0.3 is 5.97 Å². The number of carboxylic acids is 1. The van der Waals surface area contributed by atoms with Crippen LogP contribution in [0.2, 0.25) is 0 Å². The number of carbonyl (C=O) groups is 2. The fourth-order valence-electron chi connectivity index (χ4n) is 1.61. The number of aromatic hydroxyl groups is 1. The zero-order chi connectivity index (χ0) is 15.7. The van der Waals surface area contributed by atoms with Gasteiger partial charge in [-0.1, -0.05) is 12.1 Å². The molecule has 1 unspecified atom stereocenters. The summed E-state index contributed by atoms with van der Waals surface area (Å²) in [4.78, 5) is 22.8. The highest BCUT2D eigenvalue weighted by Crippen LogP contribution is 2.27. The Balaban J connectivity index is 2.12. The van der Waals surface area contributed by atoms with E-state index in [1.165, 1.54) is 11.8 Å². The summed E-state index contributed by atoms with van der Waals surface area (Å²) in [7, 11) is 0. The number of phenolic OH excluding ortho intramolecular Hbond substituents is 1. The van der Waals surface area contributed by atoms with Gasteiger partial charge in [0.25, 0.3) is 0 Å². The lowest BCUT2D eigenvalue weighted by Crippen LogP contribution is -2.30. The average Bonchev–Trinajstić information content (AvgIpc) is 2.45. The SMILES string of the molecule is NC(CCCCNC(=O)CSc1ccccc1O)C(=O)O. The van der Waals surface area contributed by atoms with Crippen LogP contribution >= 0.6 is 11.8 Å². The molecule has 0 fully saturated rings. The lowest BCUT2D eigenvalue weighted by molar-refractivity contribution is -0.138. The van der Waals surface area contributed by atoms with E-state index in [2.05, 4.69) is 5.32 Å². The van der Waals surface area contributed by atoms with E-state index in [9.17, 15) is 14.7 Å². The predicted octanol–water partition coefficient (Wildman–Crippen LogP) is 1.18. The zero-order valence-electron chi connectivity index (χ0n) is 11.6. The Labute approximate surface area is 127 Å². The zero-order valence-corrected chi connectivity index (χ0v) is 12.4. The number of nitrogens with two attached hydrogens (primary N) is 1. The number of nitrogens with one attached hydrogen (secondary N) is 1. The third-order valence-electron chi connectivity index (χ3n) is 2.81. The van der Waals surface area contributed by atoms with Crippen LogP contribution in [0.3, 0.4) is 0 Å². The number of carbonyl (C=O) groups excluding carboxylic acids is 1. The van der Waals surface area contributed by atoms with Gasteiger partial charge in [-0.05, 0) is 31.4 Å². The number of para-hydroxylation sites is 1. The van der Waals surface area contributed by atoms with E-state index >= 15 is 0 Å². The van der Waals surface area contributed by atoms with Crippen molar-refractivity contribution in [1.29, 1.82) is 0 Å². The fraction of sp³-hybridized carbons (Fsp3) is 0.429. The Bertz CT molecular complexity index is 482. The number of aliphatic carboxylic acids is 1. The van der Waals surface area contributed by atoms with Crippen molar-refractivity contribution in [2.45, 2.75) is 30.2 Å². The molecule has 1 aromatic carbocycles. The van der Waals surface area contributed by atoms with E-state index in [1.54, 1.807) is 24.3 Å². The minimum atomic E-state index is -1.00. The normalized spacial score (nSPS) is 11.9. The number of hydrogen-bond acceptors (Lipinski definition) is 5. The predicted molar refractivity (Wildman–Crippen MR) is 81.3 cm³/mol. The van der Waals surface area contributed by atoms with E-state index in [0.29, 0.717) is 30.7 Å². The quantitative estimate of drug-likeness (QED) is 0.402. The van der Waals surface area contributed by atoms with Crippen molar-refractivity contribution in [3.63, 3.8) is 0 Å². The van der Waals surface area contributed by atoms with E-state index in [4.69, 9.17) is 10.8 Å². The van der Waals surface area contributed by atoms with Crippen molar-refractivity contribution in [2.24, 2.45) is 5.73 Å².